The Morgan fingerprint density at radius 1 is 1.16 bits per heavy atom. The van der Waals surface area contributed by atoms with E-state index in [1.54, 1.807) is 0 Å². The maximum absolute atomic E-state index is 12.6. The smallest absolute Gasteiger partial charge is 0.335 e. The molecule has 0 unspecified atom stereocenters. The molecule has 0 aliphatic rings. The predicted octanol–water partition coefficient (Wildman–Crippen LogP) is 4.17. The van der Waals surface area contributed by atoms with Gasteiger partial charge in [-0.2, -0.15) is 0 Å². The molecule has 0 radical (unpaired) electrons. The molecule has 2 rings (SSSR count). The number of hydrogen-bond donors (Lipinski definition) is 0. The highest BCUT2D eigenvalue weighted by molar-refractivity contribution is 7.52. The molecule has 4 nitrogen and oxygen atoms in total. The number of rotatable bonds is 6. The zero-order chi connectivity index (χ0) is 13.9. The average molecular weight is 281 g/mol. The number of fused-ring (bicyclic) bond motifs is 1. The Morgan fingerprint density at radius 2 is 1.79 bits per heavy atom. The molecule has 5 heteroatoms. The summed E-state index contributed by atoms with van der Waals surface area (Å²) in [6.07, 6.45) is 2.25. The van der Waals surface area contributed by atoms with E-state index in [4.69, 9.17) is 9.05 Å². The molecule has 0 amide bonds. The average Bonchev–Trinajstić information content (AvgIpc) is 2.67. The van der Waals surface area contributed by atoms with Gasteiger partial charge in [0.25, 0.3) is 0 Å². The fraction of sp³-hybridized carbons (Fsp3) is 0.429. The third-order valence-corrected chi connectivity index (χ3v) is 4.92. The maximum atomic E-state index is 12.6. The van der Waals surface area contributed by atoms with Crippen molar-refractivity contribution in [2.45, 2.75) is 27.1 Å². The van der Waals surface area contributed by atoms with Gasteiger partial charge in [-0.15, -0.1) is 0 Å². The SMILES string of the molecule is CCOP(=O)(Cn1cc(C)c2ccccc21)OCC. The molecule has 0 bridgehead atoms. The van der Waals surface area contributed by atoms with Crippen LogP contribution >= 0.6 is 7.60 Å². The zero-order valence-electron chi connectivity index (χ0n) is 11.6. The van der Waals surface area contributed by atoms with Gasteiger partial charge in [0.15, 0.2) is 0 Å². The van der Waals surface area contributed by atoms with Crippen molar-refractivity contribution in [3.8, 4) is 0 Å². The van der Waals surface area contributed by atoms with Crippen LogP contribution in [-0.2, 0) is 19.9 Å². The predicted molar refractivity (Wildman–Crippen MR) is 77.5 cm³/mol. The van der Waals surface area contributed by atoms with Gasteiger partial charge >= 0.3 is 7.60 Å². The van der Waals surface area contributed by atoms with Crippen LogP contribution < -0.4 is 0 Å². The minimum atomic E-state index is -3.07. The van der Waals surface area contributed by atoms with Crippen molar-refractivity contribution in [2.75, 3.05) is 13.2 Å². The summed E-state index contributed by atoms with van der Waals surface area (Å²) in [5.74, 6) is 0. The van der Waals surface area contributed by atoms with Crippen LogP contribution in [0.2, 0.25) is 0 Å². The molecule has 0 atom stereocenters. The monoisotopic (exact) mass is 281 g/mol. The Hall–Kier alpha value is -1.09. The Bertz CT molecular complexity index is 596. The van der Waals surface area contributed by atoms with E-state index < -0.39 is 7.60 Å². The summed E-state index contributed by atoms with van der Waals surface area (Å²) < 4.78 is 25.2. The van der Waals surface area contributed by atoms with Gasteiger partial charge in [-0.25, -0.2) is 0 Å². The number of hydrogen-bond acceptors (Lipinski definition) is 3. The van der Waals surface area contributed by atoms with Gasteiger partial charge in [-0.3, -0.25) is 4.57 Å². The summed E-state index contributed by atoms with van der Waals surface area (Å²) >= 11 is 0. The second-order valence-corrected chi connectivity index (χ2v) is 6.41. The number of nitrogens with zero attached hydrogens (tertiary/aromatic N) is 1. The highest BCUT2D eigenvalue weighted by Gasteiger charge is 2.25. The van der Waals surface area contributed by atoms with E-state index in [1.165, 1.54) is 5.39 Å². The number of aryl methyl sites for hydroxylation is 1. The minimum Gasteiger partial charge on any atom is -0.335 e. The molecular weight excluding hydrogens is 261 g/mol. The molecule has 1 aromatic heterocycles. The van der Waals surface area contributed by atoms with Crippen molar-refractivity contribution in [1.82, 2.24) is 4.57 Å². The lowest BCUT2D eigenvalue weighted by Gasteiger charge is -2.18. The number of benzene rings is 1. The molecule has 0 aliphatic carbocycles. The quantitative estimate of drug-likeness (QED) is 0.746. The third kappa shape index (κ3) is 3.08. The van der Waals surface area contributed by atoms with Gasteiger partial charge in [-0.05, 0) is 32.4 Å². The second-order valence-electron chi connectivity index (χ2n) is 4.39. The first-order chi connectivity index (χ1) is 9.09. The summed E-state index contributed by atoms with van der Waals surface area (Å²) in [6, 6.07) is 8.06. The molecule has 0 aliphatic heterocycles. The lowest BCUT2D eigenvalue weighted by atomic mass is 10.2. The lowest BCUT2D eigenvalue weighted by molar-refractivity contribution is 0.214. The van der Waals surface area contributed by atoms with Gasteiger partial charge in [0, 0.05) is 17.1 Å². The van der Waals surface area contributed by atoms with E-state index in [0.29, 0.717) is 13.2 Å². The van der Waals surface area contributed by atoms with Crippen LogP contribution in [-0.4, -0.2) is 17.8 Å². The van der Waals surface area contributed by atoms with Crippen LogP contribution in [0, 0.1) is 6.92 Å². The first kappa shape index (κ1) is 14.3. The normalized spacial score (nSPS) is 12.2. The van der Waals surface area contributed by atoms with Crippen LogP contribution in [0.5, 0.6) is 0 Å². The van der Waals surface area contributed by atoms with Crippen LogP contribution in [0.25, 0.3) is 10.9 Å². The van der Waals surface area contributed by atoms with Crippen LogP contribution in [0.3, 0.4) is 0 Å². The lowest BCUT2D eigenvalue weighted by Crippen LogP contribution is -2.04. The van der Waals surface area contributed by atoms with Gasteiger partial charge in [0.2, 0.25) is 0 Å². The van der Waals surface area contributed by atoms with Crippen LogP contribution in [0.1, 0.15) is 19.4 Å². The molecule has 104 valence electrons. The molecule has 0 saturated carbocycles. The summed E-state index contributed by atoms with van der Waals surface area (Å²) in [5.41, 5.74) is 2.22. The Kier molecular flexibility index (Phi) is 4.46. The largest absolute Gasteiger partial charge is 0.350 e. The first-order valence-electron chi connectivity index (χ1n) is 6.52. The van der Waals surface area contributed by atoms with Crippen molar-refractivity contribution in [2.24, 2.45) is 0 Å². The summed E-state index contributed by atoms with van der Waals surface area (Å²) in [6.45, 7) is 6.46. The first-order valence-corrected chi connectivity index (χ1v) is 8.25. The Balaban J connectivity index is 2.37. The summed E-state index contributed by atoms with van der Waals surface area (Å²) in [5, 5.41) is 1.17. The number of aromatic nitrogens is 1. The molecule has 1 aromatic carbocycles. The molecule has 0 saturated heterocycles. The fourth-order valence-corrected chi connectivity index (χ4v) is 3.88. The van der Waals surface area contributed by atoms with Crippen LogP contribution in [0.15, 0.2) is 30.5 Å². The Morgan fingerprint density at radius 3 is 2.42 bits per heavy atom. The summed E-state index contributed by atoms with van der Waals surface area (Å²) in [7, 11) is -3.07. The molecule has 0 fully saturated rings. The van der Waals surface area contributed by atoms with Crippen molar-refractivity contribution in [3.63, 3.8) is 0 Å². The van der Waals surface area contributed by atoms with Gasteiger partial charge in [0.05, 0.1) is 13.2 Å². The molecule has 2 aromatic rings. The van der Waals surface area contributed by atoms with E-state index in [1.807, 2.05) is 49.7 Å². The van der Waals surface area contributed by atoms with Crippen molar-refractivity contribution >= 4 is 18.5 Å². The van der Waals surface area contributed by atoms with E-state index in [2.05, 4.69) is 6.07 Å². The van der Waals surface area contributed by atoms with Crippen molar-refractivity contribution in [3.05, 3.63) is 36.0 Å². The highest BCUT2D eigenvalue weighted by atomic mass is 31.2. The highest BCUT2D eigenvalue weighted by Crippen LogP contribution is 2.50. The van der Waals surface area contributed by atoms with Crippen molar-refractivity contribution < 1.29 is 13.6 Å². The molecule has 0 spiro atoms. The van der Waals surface area contributed by atoms with E-state index in [-0.39, 0.29) is 6.29 Å². The van der Waals surface area contributed by atoms with Gasteiger partial charge < -0.3 is 13.6 Å². The third-order valence-electron chi connectivity index (χ3n) is 2.96. The summed E-state index contributed by atoms with van der Waals surface area (Å²) in [4.78, 5) is 0. The fourth-order valence-electron chi connectivity index (χ4n) is 2.25. The zero-order valence-corrected chi connectivity index (χ0v) is 12.5. The number of para-hydroxylation sites is 1. The molecule has 1 heterocycles. The molecule has 0 N–H and O–H groups in total. The van der Waals surface area contributed by atoms with E-state index in [9.17, 15) is 4.57 Å². The maximum Gasteiger partial charge on any atom is 0.350 e. The topological polar surface area (TPSA) is 40.5 Å². The molecule has 19 heavy (non-hydrogen) atoms. The van der Waals surface area contributed by atoms with E-state index in [0.717, 1.165) is 11.1 Å². The van der Waals surface area contributed by atoms with E-state index >= 15 is 0 Å². The minimum absolute atomic E-state index is 0.253. The van der Waals surface area contributed by atoms with Crippen LogP contribution in [0.4, 0.5) is 0 Å². The standard InChI is InChI=1S/C14H20NO3P/c1-4-17-19(16,18-5-2)11-15-10-12(3)13-8-6-7-9-14(13)15/h6-10H,4-5,11H2,1-3H3. The molecular formula is C14H20NO3P. The Labute approximate surface area is 113 Å². The van der Waals surface area contributed by atoms with Crippen molar-refractivity contribution in [1.29, 1.82) is 0 Å². The van der Waals surface area contributed by atoms with Gasteiger partial charge in [-0.1, -0.05) is 18.2 Å². The second kappa shape index (κ2) is 5.91. The van der Waals surface area contributed by atoms with Gasteiger partial charge in [0.1, 0.15) is 6.29 Å².